The highest BCUT2D eigenvalue weighted by atomic mass is 35.9. The van der Waals surface area contributed by atoms with Crippen LogP contribution in [-0.4, -0.2) is 37.7 Å². The Morgan fingerprint density at radius 1 is 0.444 bits per heavy atom. The topological polar surface area (TPSA) is 12.0 Å². The predicted octanol–water partition coefficient (Wildman–Crippen LogP) is 8.90. The van der Waals surface area contributed by atoms with Crippen LogP contribution >= 0.6 is 133 Å². The summed E-state index contributed by atoms with van der Waals surface area (Å²) < 4.78 is 0. The first-order valence-electron chi connectivity index (χ1n) is 7.64. The van der Waals surface area contributed by atoms with E-state index < -0.39 is 59.5 Å². The predicted molar refractivity (Wildman–Crippen MR) is 146 cm³/mol. The molecule has 0 aromatic heterocycles. The van der Waals surface area contributed by atoms with Crippen molar-refractivity contribution in [3.05, 3.63) is 0 Å². The Hall–Kier alpha value is 4.44. The Labute approximate surface area is 222 Å². The van der Waals surface area contributed by atoms with Gasteiger partial charge in [-0.25, -0.2) is 0 Å². The number of nitrogens with one attached hydrogen (secondary N) is 1. The molecule has 0 aliphatic rings. The lowest BCUT2D eigenvalue weighted by molar-refractivity contribution is 1.06. The van der Waals surface area contributed by atoms with Crippen LogP contribution in [0.4, 0.5) is 0 Å². The highest BCUT2D eigenvalue weighted by Gasteiger charge is 2.55. The molecule has 19 heteroatoms. The monoisotopic (exact) mass is 681 g/mol. The van der Waals surface area contributed by atoms with Gasteiger partial charge in [-0.15, -0.1) is 133 Å². The van der Waals surface area contributed by atoms with Crippen LogP contribution in [0.2, 0.25) is 21.8 Å². The Balaban J connectivity index is 6.12. The first-order chi connectivity index (χ1) is 11.6. The Morgan fingerprint density at radius 3 is 0.704 bits per heavy atom. The van der Waals surface area contributed by atoms with E-state index >= 15 is 0 Å². The molecule has 160 valence electrons. The molecule has 0 saturated carbocycles. The molecule has 4 atom stereocenters. The second-order valence-electron chi connectivity index (χ2n) is 6.54. The molecular weight excluding hydrogens is 669 g/mol. The minimum Gasteiger partial charge on any atom is -0.398 e. The summed E-state index contributed by atoms with van der Waals surface area (Å²) >= 11 is 75.3. The zero-order valence-electron chi connectivity index (χ0n) is 14.5. The Bertz CT molecular complexity index is 398. The van der Waals surface area contributed by atoms with Gasteiger partial charge in [-0.2, -0.15) is 0 Å². The van der Waals surface area contributed by atoms with Gasteiger partial charge in [0.25, 0.3) is 0 Å². The highest BCUT2D eigenvalue weighted by Crippen LogP contribution is 2.47. The van der Waals surface area contributed by atoms with Gasteiger partial charge in [0, 0.05) is 0 Å². The molecule has 0 spiro atoms. The van der Waals surface area contributed by atoms with Crippen LogP contribution in [0, 0.1) is 0 Å². The van der Waals surface area contributed by atoms with E-state index in [0.29, 0.717) is 0 Å². The lowest BCUT2D eigenvalue weighted by Crippen LogP contribution is -2.61. The number of hydrogen-bond donors (Lipinski definition) is 1. The van der Waals surface area contributed by atoms with Crippen molar-refractivity contribution in [1.82, 2.24) is 5.14 Å². The summed E-state index contributed by atoms with van der Waals surface area (Å²) in [5.41, 5.74) is -1.62. The van der Waals surface area contributed by atoms with Crippen LogP contribution in [0.3, 0.4) is 0 Å². The van der Waals surface area contributed by atoms with Gasteiger partial charge < -0.3 is 5.14 Å². The van der Waals surface area contributed by atoms with Gasteiger partial charge in [-0.3, -0.25) is 0 Å². The molecule has 0 radical (unpaired) electrons. The lowest BCUT2D eigenvalue weighted by atomic mass is 9.44. The van der Waals surface area contributed by atoms with Crippen LogP contribution < -0.4 is 5.14 Å². The van der Waals surface area contributed by atoms with Crippen molar-refractivity contribution in [3.8, 4) is 0 Å². The van der Waals surface area contributed by atoms with E-state index in [-0.39, 0.29) is 0 Å². The molecule has 0 rings (SSSR count). The third-order valence-corrected chi connectivity index (χ3v) is 22.6. The fraction of sp³-hybridized carbons (Fsp3) is 1.00. The van der Waals surface area contributed by atoms with Crippen molar-refractivity contribution in [1.29, 1.82) is 0 Å². The normalized spacial score (nSPS) is 18.7. The SMILES string of the molecule is CC(B(NB(C(C)[Si](Cl)(Cl)Cl)C(C)[Si](Cl)(Cl)Cl)C(C)[Si](Cl)(Cl)Cl)[Si](Cl)(Cl)Cl. The Morgan fingerprint density at radius 2 is 0.593 bits per heavy atom. The number of rotatable bonds is 10. The van der Waals surface area contributed by atoms with Crippen LogP contribution in [0.1, 0.15) is 27.7 Å². The molecule has 0 amide bonds. The molecule has 0 aromatic rings. The zero-order chi connectivity index (χ0) is 22.2. The average Bonchev–Trinajstić information content (AvgIpc) is 2.42. The first-order valence-corrected chi connectivity index (χ1v) is 28.1. The second-order valence-corrected chi connectivity index (χ2v) is 42.9. The molecule has 0 heterocycles. The van der Waals surface area contributed by atoms with Crippen molar-refractivity contribution >= 4 is 171 Å². The van der Waals surface area contributed by atoms with E-state index in [1.807, 2.05) is 0 Å². The number of hydrogen-bond acceptors (Lipinski definition) is 1. The summed E-state index contributed by atoms with van der Waals surface area (Å²) in [6.07, 6.45) is 0. The van der Waals surface area contributed by atoms with Crippen molar-refractivity contribution in [2.45, 2.75) is 49.5 Å². The van der Waals surface area contributed by atoms with E-state index in [0.717, 1.165) is 0 Å². The van der Waals surface area contributed by atoms with E-state index in [1.165, 1.54) is 0 Å². The summed E-state index contributed by atoms with van der Waals surface area (Å²) in [4.78, 5) is 0. The molecule has 1 nitrogen and oxygen atoms in total. The molecule has 0 saturated heterocycles. The van der Waals surface area contributed by atoms with E-state index in [4.69, 9.17) is 133 Å². The molecule has 0 aliphatic heterocycles. The second kappa shape index (κ2) is 11.7. The van der Waals surface area contributed by atoms with Crippen LogP contribution in [0.25, 0.3) is 0 Å². The van der Waals surface area contributed by atoms with Gasteiger partial charge in [0.15, 0.2) is 0 Å². The van der Waals surface area contributed by atoms with E-state index in [2.05, 4.69) is 5.14 Å². The standard InChI is InChI=1S/C8H17B2Cl12NSi4/c1-5(24(11,12)13)9(6(2)25(14,15)16)23-10(7(3)26(17,18)19)8(4)27(20,21)22/h5-8,23H,1-4H3. The number of halogens is 12. The minimum absolute atomic E-state index is 0.406. The van der Waals surface area contributed by atoms with Gasteiger partial charge in [0.1, 0.15) is 0 Å². The van der Waals surface area contributed by atoms with Crippen LogP contribution in [0.15, 0.2) is 0 Å². The minimum atomic E-state index is -3.17. The quantitative estimate of drug-likeness (QED) is 0.179. The fourth-order valence-electron chi connectivity index (χ4n) is 2.48. The maximum Gasteiger partial charge on any atom is 0.338 e. The third kappa shape index (κ3) is 10.5. The fourth-order valence-corrected chi connectivity index (χ4v) is 10.9. The molecule has 27 heavy (non-hydrogen) atoms. The molecular formula is C8H17B2Cl12NSi4. The van der Waals surface area contributed by atoms with Gasteiger partial charge in [-0.1, -0.05) is 27.7 Å². The van der Waals surface area contributed by atoms with Gasteiger partial charge in [0.2, 0.25) is 13.7 Å². The molecule has 0 aromatic carbocycles. The third-order valence-electron chi connectivity index (χ3n) is 4.60. The van der Waals surface area contributed by atoms with Crippen molar-refractivity contribution in [2.24, 2.45) is 0 Å². The van der Waals surface area contributed by atoms with Crippen molar-refractivity contribution < 1.29 is 0 Å². The average molecular weight is 687 g/mol. The lowest BCUT2D eigenvalue weighted by Gasteiger charge is -2.39. The molecule has 4 unspecified atom stereocenters. The van der Waals surface area contributed by atoms with Gasteiger partial charge in [0.05, 0.1) is 0 Å². The van der Waals surface area contributed by atoms with E-state index in [9.17, 15) is 0 Å². The first kappa shape index (κ1) is 31.4. The smallest absolute Gasteiger partial charge is 0.338 e. The summed E-state index contributed by atoms with van der Waals surface area (Å²) in [6, 6.07) is -12.7. The maximum absolute atomic E-state index is 6.27. The van der Waals surface area contributed by atoms with Gasteiger partial charge in [-0.05, 0) is 21.8 Å². The van der Waals surface area contributed by atoms with Crippen LogP contribution in [-0.2, 0) is 0 Å². The summed E-state index contributed by atoms with van der Waals surface area (Å²) in [7, 11) is 0. The van der Waals surface area contributed by atoms with Crippen LogP contribution in [0.5, 0.6) is 0 Å². The summed E-state index contributed by atoms with van der Waals surface area (Å²) in [5, 5.41) is 3.40. The maximum atomic E-state index is 6.27. The molecule has 0 bridgehead atoms. The molecule has 1 N–H and O–H groups in total. The summed E-state index contributed by atoms with van der Waals surface area (Å²) in [6.45, 7) is 6.24. The summed E-state index contributed by atoms with van der Waals surface area (Å²) in [5.74, 6) is 0. The molecule has 0 aliphatic carbocycles. The van der Waals surface area contributed by atoms with Crippen molar-refractivity contribution in [3.63, 3.8) is 0 Å². The van der Waals surface area contributed by atoms with E-state index in [1.54, 1.807) is 27.7 Å². The largest absolute Gasteiger partial charge is 0.398 e. The Kier molecular flexibility index (Phi) is 13.6. The highest BCUT2D eigenvalue weighted by molar-refractivity contribution is 7.70. The van der Waals surface area contributed by atoms with Gasteiger partial charge >= 0.3 is 24.0 Å². The zero-order valence-corrected chi connectivity index (χ0v) is 27.6. The van der Waals surface area contributed by atoms with Crippen molar-refractivity contribution in [2.75, 3.05) is 0 Å². The molecule has 0 fully saturated rings.